The topological polar surface area (TPSA) is 30.3 Å². The fraction of sp³-hybridized carbons (Fsp3) is 0.727. The molecule has 1 saturated heterocycles. The van der Waals surface area contributed by atoms with Gasteiger partial charge in [-0.2, -0.15) is 5.10 Å². The van der Waals surface area contributed by atoms with Crippen LogP contribution in [0.25, 0.3) is 0 Å². The van der Waals surface area contributed by atoms with E-state index in [1.807, 2.05) is 17.9 Å². The maximum atomic E-state index is 5.73. The van der Waals surface area contributed by atoms with Gasteiger partial charge in [0.25, 0.3) is 0 Å². The Labute approximate surface area is 110 Å². The summed E-state index contributed by atoms with van der Waals surface area (Å²) < 4.78 is 8.94. The van der Waals surface area contributed by atoms with Gasteiger partial charge in [-0.1, -0.05) is 0 Å². The molecule has 2 atom stereocenters. The SMILES string of the molecule is CC1CN(Cc2c(I)cnn2C)CC(C)O1. The first-order chi connectivity index (χ1) is 7.56. The first kappa shape index (κ1) is 12.3. The highest BCUT2D eigenvalue weighted by atomic mass is 127. The van der Waals surface area contributed by atoms with E-state index in [2.05, 4.69) is 46.4 Å². The number of aromatic nitrogens is 2. The van der Waals surface area contributed by atoms with Gasteiger partial charge in [-0.25, -0.2) is 0 Å². The van der Waals surface area contributed by atoms with Gasteiger partial charge in [0.2, 0.25) is 0 Å². The molecule has 0 spiro atoms. The predicted molar refractivity (Wildman–Crippen MR) is 71.2 cm³/mol. The van der Waals surface area contributed by atoms with Crippen LogP contribution in [0.3, 0.4) is 0 Å². The van der Waals surface area contributed by atoms with E-state index in [0.717, 1.165) is 19.6 Å². The third kappa shape index (κ3) is 2.75. The van der Waals surface area contributed by atoms with E-state index < -0.39 is 0 Å². The number of halogens is 1. The summed E-state index contributed by atoms with van der Waals surface area (Å²) in [6, 6.07) is 0. The smallest absolute Gasteiger partial charge is 0.0678 e. The minimum Gasteiger partial charge on any atom is -0.373 e. The van der Waals surface area contributed by atoms with Gasteiger partial charge in [-0.05, 0) is 36.4 Å². The van der Waals surface area contributed by atoms with E-state index in [4.69, 9.17) is 4.74 Å². The third-order valence-electron chi connectivity index (χ3n) is 2.88. The largest absolute Gasteiger partial charge is 0.373 e. The first-order valence-corrected chi connectivity index (χ1v) is 6.68. The maximum Gasteiger partial charge on any atom is 0.0678 e. The Morgan fingerprint density at radius 3 is 2.56 bits per heavy atom. The van der Waals surface area contributed by atoms with Crippen LogP contribution < -0.4 is 0 Å². The fourth-order valence-electron chi connectivity index (χ4n) is 2.24. The Hall–Kier alpha value is -0.140. The molecule has 2 heterocycles. The summed E-state index contributed by atoms with van der Waals surface area (Å²) in [5.41, 5.74) is 1.29. The number of rotatable bonds is 2. The van der Waals surface area contributed by atoms with Gasteiger partial charge in [-0.3, -0.25) is 9.58 Å². The van der Waals surface area contributed by atoms with Crippen LogP contribution in [0.5, 0.6) is 0 Å². The zero-order valence-corrected chi connectivity index (χ0v) is 12.1. The summed E-state index contributed by atoms with van der Waals surface area (Å²) in [6.45, 7) is 7.25. The van der Waals surface area contributed by atoms with E-state index in [-0.39, 0.29) is 0 Å². The Kier molecular flexibility index (Phi) is 3.86. The zero-order chi connectivity index (χ0) is 11.7. The molecule has 90 valence electrons. The Morgan fingerprint density at radius 1 is 1.44 bits per heavy atom. The van der Waals surface area contributed by atoms with Crippen LogP contribution in [-0.4, -0.2) is 40.0 Å². The van der Waals surface area contributed by atoms with Gasteiger partial charge in [0.15, 0.2) is 0 Å². The normalized spacial score (nSPS) is 27.2. The molecule has 0 aliphatic carbocycles. The van der Waals surface area contributed by atoms with Crippen molar-refractivity contribution in [1.29, 1.82) is 0 Å². The third-order valence-corrected chi connectivity index (χ3v) is 3.78. The van der Waals surface area contributed by atoms with E-state index in [0.29, 0.717) is 12.2 Å². The molecule has 16 heavy (non-hydrogen) atoms. The average molecular weight is 335 g/mol. The first-order valence-electron chi connectivity index (χ1n) is 5.60. The monoisotopic (exact) mass is 335 g/mol. The van der Waals surface area contributed by atoms with Crippen molar-refractivity contribution in [2.24, 2.45) is 7.05 Å². The van der Waals surface area contributed by atoms with E-state index in [1.165, 1.54) is 9.26 Å². The van der Waals surface area contributed by atoms with E-state index in [9.17, 15) is 0 Å². The summed E-state index contributed by atoms with van der Waals surface area (Å²) in [7, 11) is 2.00. The molecule has 1 aliphatic heterocycles. The van der Waals surface area contributed by atoms with Crippen molar-refractivity contribution in [2.45, 2.75) is 32.6 Å². The van der Waals surface area contributed by atoms with Crippen molar-refractivity contribution in [3.8, 4) is 0 Å². The minimum atomic E-state index is 0.328. The van der Waals surface area contributed by atoms with Crippen LogP contribution in [0.1, 0.15) is 19.5 Å². The van der Waals surface area contributed by atoms with Crippen LogP contribution in [0.4, 0.5) is 0 Å². The fourth-order valence-corrected chi connectivity index (χ4v) is 2.88. The summed E-state index contributed by atoms with van der Waals surface area (Å²) >= 11 is 2.35. The summed E-state index contributed by atoms with van der Waals surface area (Å²) in [5, 5.41) is 4.27. The van der Waals surface area contributed by atoms with Crippen LogP contribution in [-0.2, 0) is 18.3 Å². The van der Waals surface area contributed by atoms with Crippen molar-refractivity contribution in [3.63, 3.8) is 0 Å². The van der Waals surface area contributed by atoms with Gasteiger partial charge < -0.3 is 4.74 Å². The molecule has 1 fully saturated rings. The lowest BCUT2D eigenvalue weighted by atomic mass is 10.2. The van der Waals surface area contributed by atoms with Gasteiger partial charge in [-0.15, -0.1) is 0 Å². The molecule has 1 aliphatic rings. The second kappa shape index (κ2) is 5.01. The molecule has 0 saturated carbocycles. The standard InChI is InChI=1S/C11H18IN3O/c1-8-5-15(6-9(2)16-8)7-11-10(12)4-13-14(11)3/h4,8-9H,5-7H2,1-3H3. The van der Waals surface area contributed by atoms with Crippen LogP contribution in [0, 0.1) is 3.57 Å². The molecule has 2 rings (SSSR count). The van der Waals surface area contributed by atoms with E-state index in [1.54, 1.807) is 0 Å². The lowest BCUT2D eigenvalue weighted by molar-refractivity contribution is -0.0710. The number of morpholine rings is 1. The van der Waals surface area contributed by atoms with Crippen LogP contribution in [0.2, 0.25) is 0 Å². The average Bonchev–Trinajstić information content (AvgIpc) is 2.48. The predicted octanol–water partition coefficient (Wildman–Crippen LogP) is 1.63. The molecular formula is C11H18IN3O. The number of hydrogen-bond acceptors (Lipinski definition) is 3. The molecule has 0 N–H and O–H groups in total. The van der Waals surface area contributed by atoms with E-state index >= 15 is 0 Å². The Morgan fingerprint density at radius 2 is 2.06 bits per heavy atom. The number of aryl methyl sites for hydroxylation is 1. The highest BCUT2D eigenvalue weighted by molar-refractivity contribution is 14.1. The quantitative estimate of drug-likeness (QED) is 0.770. The van der Waals surface area contributed by atoms with Gasteiger partial charge in [0.05, 0.1) is 27.7 Å². The highest BCUT2D eigenvalue weighted by Crippen LogP contribution is 2.17. The molecule has 0 radical (unpaired) electrons. The van der Waals surface area contributed by atoms with Crippen molar-refractivity contribution in [2.75, 3.05) is 13.1 Å². The molecule has 0 bridgehead atoms. The summed E-state index contributed by atoms with van der Waals surface area (Å²) in [4.78, 5) is 2.44. The summed E-state index contributed by atoms with van der Waals surface area (Å²) in [5.74, 6) is 0. The highest BCUT2D eigenvalue weighted by Gasteiger charge is 2.23. The Balaban J connectivity index is 2.04. The number of ether oxygens (including phenoxy) is 1. The molecule has 5 heteroatoms. The van der Waals surface area contributed by atoms with Gasteiger partial charge >= 0.3 is 0 Å². The van der Waals surface area contributed by atoms with Crippen molar-refractivity contribution in [3.05, 3.63) is 15.5 Å². The second-order valence-electron chi connectivity index (χ2n) is 4.51. The van der Waals surface area contributed by atoms with Crippen molar-refractivity contribution >= 4 is 22.6 Å². The zero-order valence-electron chi connectivity index (χ0n) is 9.98. The molecule has 2 unspecified atom stereocenters. The molecule has 0 amide bonds. The van der Waals surface area contributed by atoms with Gasteiger partial charge in [0.1, 0.15) is 0 Å². The van der Waals surface area contributed by atoms with Gasteiger partial charge in [0, 0.05) is 26.7 Å². The lowest BCUT2D eigenvalue weighted by Gasteiger charge is -2.35. The molecule has 1 aromatic heterocycles. The number of hydrogen-bond donors (Lipinski definition) is 0. The molecule has 0 aromatic carbocycles. The molecule has 4 nitrogen and oxygen atoms in total. The number of nitrogens with zero attached hydrogens (tertiary/aromatic N) is 3. The van der Waals surface area contributed by atoms with Crippen molar-refractivity contribution in [1.82, 2.24) is 14.7 Å². The van der Waals surface area contributed by atoms with Crippen molar-refractivity contribution < 1.29 is 4.74 Å². The maximum absolute atomic E-state index is 5.73. The molecular weight excluding hydrogens is 317 g/mol. The molecule has 1 aromatic rings. The lowest BCUT2D eigenvalue weighted by Crippen LogP contribution is -2.45. The second-order valence-corrected chi connectivity index (χ2v) is 5.68. The van der Waals surface area contributed by atoms with Crippen LogP contribution in [0.15, 0.2) is 6.20 Å². The van der Waals surface area contributed by atoms with Crippen LogP contribution >= 0.6 is 22.6 Å². The Bertz CT molecular complexity index is 337. The summed E-state index contributed by atoms with van der Waals surface area (Å²) in [6.07, 6.45) is 2.58. The minimum absolute atomic E-state index is 0.328.